The van der Waals surface area contributed by atoms with Gasteiger partial charge in [-0.3, -0.25) is 0 Å². The number of hydrogen-bond donors (Lipinski definition) is 0. The Morgan fingerprint density at radius 3 is 2.07 bits per heavy atom. The molecule has 15 heavy (non-hydrogen) atoms. The fraction of sp³-hybridized carbons (Fsp3) is 0.364. The topological polar surface area (TPSA) is 51.2 Å². The Labute approximate surface area is 85.6 Å². The Hall–Kier alpha value is -1.26. The number of carbonyl (C=O) groups excluding carboxylic acids is 3. The van der Waals surface area contributed by atoms with Crippen molar-refractivity contribution in [3.8, 4) is 0 Å². The van der Waals surface area contributed by atoms with Crippen LogP contribution in [0.25, 0.3) is 0 Å². The van der Waals surface area contributed by atoms with Gasteiger partial charge in [0.2, 0.25) is 0 Å². The Morgan fingerprint density at radius 1 is 1.27 bits per heavy atom. The van der Waals surface area contributed by atoms with Crippen molar-refractivity contribution in [2.75, 3.05) is 0 Å². The molecular weight excluding hydrogens is 235 g/mol. The summed E-state index contributed by atoms with van der Waals surface area (Å²) >= 11 is 0. The van der Waals surface area contributed by atoms with E-state index in [0.717, 1.165) is 0 Å². The van der Waals surface area contributed by atoms with Crippen LogP contribution in [-0.4, -0.2) is 14.4 Å². The summed E-state index contributed by atoms with van der Waals surface area (Å²) in [5, 5.41) is 0.126. The quantitative estimate of drug-likeness (QED) is 0.699. The van der Waals surface area contributed by atoms with Crippen LogP contribution in [0.1, 0.15) is 13.3 Å². The Kier molecular flexibility index (Phi) is 2.26. The minimum absolute atomic E-state index is 0.126. The standard InChI is InChI=1S/C5H5.C2H5.3CO.CH3.Mn/c1-2-4-5-3-1;4*1-2;;/h1-3H,4H2;1H2,2H3;;;;1H3;. The van der Waals surface area contributed by atoms with Gasteiger partial charge in [-0.1, -0.05) is 0 Å². The fourth-order valence-electron chi connectivity index (χ4n) is 1.40. The molecule has 0 aromatic rings. The molecule has 0 saturated heterocycles. The van der Waals surface area contributed by atoms with Gasteiger partial charge in [0.25, 0.3) is 0 Å². The molecule has 0 fully saturated rings. The van der Waals surface area contributed by atoms with E-state index >= 15 is 0 Å². The predicted octanol–water partition coefficient (Wildman–Crippen LogP) is 1.74. The zero-order chi connectivity index (χ0) is 11.6. The van der Waals surface area contributed by atoms with Crippen LogP contribution in [0.2, 0.25) is 11.1 Å². The number of hydrogen-bond acceptors (Lipinski definition) is 3. The summed E-state index contributed by atoms with van der Waals surface area (Å²) in [6.07, 6.45) is 5.62. The van der Waals surface area contributed by atoms with E-state index in [1.807, 2.05) is 0 Å². The third-order valence-corrected chi connectivity index (χ3v) is 10.7. The molecule has 0 saturated carbocycles. The molecule has 0 bridgehead atoms. The van der Waals surface area contributed by atoms with Gasteiger partial charge >= 0.3 is 85.3 Å². The molecule has 4 heteroatoms. The maximum atomic E-state index is 11.3. The molecule has 82 valence electrons. The van der Waals surface area contributed by atoms with Gasteiger partial charge in [-0.25, -0.2) is 0 Å². The molecule has 1 rings (SSSR count). The maximum absolute atomic E-state index is 11.3. The summed E-state index contributed by atoms with van der Waals surface area (Å²) in [6, 6.07) is 0. The molecule has 0 amide bonds. The van der Waals surface area contributed by atoms with E-state index in [-0.39, 0.29) is 5.32 Å². The Morgan fingerprint density at radius 2 is 1.80 bits per heavy atom. The van der Waals surface area contributed by atoms with Crippen LogP contribution in [0, 0.1) is 0 Å². The summed E-state index contributed by atoms with van der Waals surface area (Å²) < 4.78 is 0.536. The van der Waals surface area contributed by atoms with Crippen molar-refractivity contribution in [2.45, 2.75) is 24.5 Å². The van der Waals surface area contributed by atoms with E-state index in [4.69, 9.17) is 0 Å². The van der Waals surface area contributed by atoms with E-state index < -0.39 is 9.42 Å². The molecule has 0 aliphatic heterocycles. The second-order valence-electron chi connectivity index (χ2n) is 3.87. The molecule has 0 spiro atoms. The van der Waals surface area contributed by atoms with Crippen molar-refractivity contribution in [3.63, 3.8) is 0 Å². The summed E-state index contributed by atoms with van der Waals surface area (Å²) in [4.78, 5) is 39.1. The third-order valence-electron chi connectivity index (χ3n) is 3.05. The van der Waals surface area contributed by atoms with Crippen LogP contribution in [0.15, 0.2) is 22.7 Å². The summed E-state index contributed by atoms with van der Waals surface area (Å²) in [7, 11) is -4.85. The fourth-order valence-corrected chi connectivity index (χ4v) is 4.72. The van der Waals surface area contributed by atoms with Crippen LogP contribution in [0.3, 0.4) is 0 Å². The van der Waals surface area contributed by atoms with Crippen LogP contribution < -0.4 is 0 Å². The number of allylic oxidation sites excluding steroid dienone is 4. The van der Waals surface area contributed by atoms with E-state index in [1.165, 1.54) is 5.82 Å². The van der Waals surface area contributed by atoms with Gasteiger partial charge in [0, 0.05) is 0 Å². The first-order valence-corrected chi connectivity index (χ1v) is 8.81. The van der Waals surface area contributed by atoms with E-state index in [2.05, 4.69) is 0 Å². The van der Waals surface area contributed by atoms with Gasteiger partial charge in [0.05, 0.1) is 0 Å². The van der Waals surface area contributed by atoms with Gasteiger partial charge in [-0.2, -0.15) is 0 Å². The van der Waals surface area contributed by atoms with Crippen molar-refractivity contribution in [1.82, 2.24) is 0 Å². The first kappa shape index (κ1) is 11.8. The van der Waals surface area contributed by atoms with E-state index in [0.29, 0.717) is 10.9 Å². The summed E-state index contributed by atoms with van der Waals surface area (Å²) in [5.74, 6) is 1.41. The molecule has 3 nitrogen and oxygen atoms in total. The Bertz CT molecular complexity index is 662. The average molecular weight is 248 g/mol. The van der Waals surface area contributed by atoms with Gasteiger partial charge in [-0.15, -0.1) is 0 Å². The summed E-state index contributed by atoms with van der Waals surface area (Å²) in [5.41, 5.74) is 0. The molecular formula is C11H13MnO3. The minimum atomic E-state index is -4.85. The van der Waals surface area contributed by atoms with Gasteiger partial charge in [-0.05, 0) is 0 Å². The SMILES string of the molecule is C[CH2][Mn]([CH3])(=[C]=O)(=[C]=O)(=[C]=O)[C]1=CC=CC1. The normalized spacial score (nSPS) is 19.2. The molecule has 1 aliphatic carbocycles. The monoisotopic (exact) mass is 248 g/mol. The third kappa shape index (κ3) is 1.15. The van der Waals surface area contributed by atoms with Crippen molar-refractivity contribution in [2.24, 2.45) is 0 Å². The van der Waals surface area contributed by atoms with Crippen LogP contribution in [0.4, 0.5) is 0 Å². The van der Waals surface area contributed by atoms with Crippen molar-refractivity contribution in [1.29, 1.82) is 0 Å². The zero-order valence-corrected chi connectivity index (χ0v) is 9.93. The van der Waals surface area contributed by atoms with Gasteiger partial charge < -0.3 is 0 Å². The average Bonchev–Trinajstić information content (AvgIpc) is 2.84. The molecule has 1 aliphatic rings. The second kappa shape index (κ2) is 2.87. The van der Waals surface area contributed by atoms with Crippen molar-refractivity contribution < 1.29 is 23.8 Å². The summed E-state index contributed by atoms with van der Waals surface area (Å²) in [6.45, 7) is 1.64. The van der Waals surface area contributed by atoms with Crippen LogP contribution >= 0.6 is 0 Å². The molecule has 0 radical (unpaired) electrons. The van der Waals surface area contributed by atoms with Gasteiger partial charge in [0.1, 0.15) is 0 Å². The molecule has 0 heterocycles. The first-order valence-electron chi connectivity index (χ1n) is 4.44. The Balaban J connectivity index is 4.27. The van der Waals surface area contributed by atoms with Crippen LogP contribution in [-0.2, 0) is 23.8 Å². The van der Waals surface area contributed by atoms with Gasteiger partial charge in [0.15, 0.2) is 0 Å². The molecule has 0 atom stereocenters. The molecule has 0 N–H and O–H groups in total. The van der Waals surface area contributed by atoms with Crippen molar-refractivity contribution in [3.05, 3.63) is 22.7 Å². The van der Waals surface area contributed by atoms with Crippen molar-refractivity contribution >= 4 is 14.4 Å². The number of rotatable bonds is 2. The second-order valence-corrected chi connectivity index (χ2v) is 12.8. The van der Waals surface area contributed by atoms with Crippen LogP contribution in [0.5, 0.6) is 0 Å². The van der Waals surface area contributed by atoms with E-state index in [9.17, 15) is 14.4 Å². The molecule has 0 aromatic heterocycles. The zero-order valence-electron chi connectivity index (χ0n) is 8.75. The predicted molar refractivity (Wildman–Crippen MR) is 55.3 cm³/mol. The molecule has 0 unspecified atom stereocenters. The molecule has 0 aromatic carbocycles. The first-order chi connectivity index (χ1) is 6.94. The van der Waals surface area contributed by atoms with E-state index in [1.54, 1.807) is 39.5 Å².